The van der Waals surface area contributed by atoms with Crippen LogP contribution in [0, 0.1) is 6.92 Å². The van der Waals surface area contributed by atoms with Crippen LogP contribution in [0.4, 0.5) is 17.5 Å². The topological polar surface area (TPSA) is 91.8 Å². The summed E-state index contributed by atoms with van der Waals surface area (Å²) in [6.45, 7) is 2.06. The smallest absolute Gasteiger partial charge is 0.251 e. The van der Waals surface area contributed by atoms with Crippen LogP contribution in [-0.4, -0.2) is 32.9 Å². The van der Waals surface area contributed by atoms with E-state index < -0.39 is 0 Å². The molecule has 2 heterocycles. The predicted octanol–water partition coefficient (Wildman–Crippen LogP) is 4.70. The number of fused-ring (bicyclic) bond motifs is 3. The lowest BCUT2D eigenvalue weighted by Gasteiger charge is -2.14. The van der Waals surface area contributed by atoms with Gasteiger partial charge in [0.05, 0.1) is 5.52 Å². The van der Waals surface area contributed by atoms with Gasteiger partial charge in [-0.3, -0.25) is 4.79 Å². The van der Waals surface area contributed by atoms with E-state index in [0.29, 0.717) is 29.4 Å². The fraction of sp³-hybridized carbons (Fsp3) is 0.280. The van der Waals surface area contributed by atoms with E-state index in [9.17, 15) is 4.79 Å². The molecule has 32 heavy (non-hydrogen) atoms. The molecule has 0 unspecified atom stereocenters. The van der Waals surface area contributed by atoms with Gasteiger partial charge in [-0.1, -0.05) is 24.3 Å². The number of anilines is 3. The van der Waals surface area contributed by atoms with Crippen LogP contribution < -0.4 is 16.0 Å². The van der Waals surface area contributed by atoms with Crippen LogP contribution in [0.5, 0.6) is 0 Å². The van der Waals surface area contributed by atoms with Crippen molar-refractivity contribution in [3.05, 3.63) is 59.8 Å². The maximum Gasteiger partial charge on any atom is 0.251 e. The first kappa shape index (κ1) is 19.0. The van der Waals surface area contributed by atoms with Crippen molar-refractivity contribution >= 4 is 45.2 Å². The summed E-state index contributed by atoms with van der Waals surface area (Å²) in [5.74, 6) is 1.22. The highest BCUT2D eigenvalue weighted by atomic mass is 16.1. The zero-order valence-electron chi connectivity index (χ0n) is 17.9. The van der Waals surface area contributed by atoms with Crippen LogP contribution in [-0.2, 0) is 0 Å². The monoisotopic (exact) mass is 424 g/mol. The van der Waals surface area contributed by atoms with Crippen LogP contribution in [0.2, 0.25) is 0 Å². The highest BCUT2D eigenvalue weighted by Crippen LogP contribution is 2.32. The minimum absolute atomic E-state index is 0.0510. The minimum Gasteiger partial charge on any atom is -0.351 e. The summed E-state index contributed by atoms with van der Waals surface area (Å²) < 4.78 is 0. The number of rotatable bonds is 6. The Morgan fingerprint density at radius 2 is 1.78 bits per heavy atom. The lowest BCUT2D eigenvalue weighted by atomic mass is 10.1. The first-order valence-electron chi connectivity index (χ1n) is 11.1. The maximum absolute atomic E-state index is 12.6. The van der Waals surface area contributed by atoms with E-state index in [1.807, 2.05) is 42.6 Å². The number of hydrogen-bond acceptors (Lipinski definition) is 6. The number of carbonyl (C=O) groups excluding carboxylic acids is 1. The maximum atomic E-state index is 12.6. The molecule has 0 aliphatic heterocycles. The molecule has 4 aromatic rings. The van der Waals surface area contributed by atoms with Gasteiger partial charge in [-0.2, -0.15) is 0 Å². The van der Waals surface area contributed by atoms with Crippen molar-refractivity contribution in [3.8, 4) is 0 Å². The summed E-state index contributed by atoms with van der Waals surface area (Å²) in [4.78, 5) is 26.9. The molecule has 0 saturated heterocycles. The third-order valence-electron chi connectivity index (χ3n) is 6.02. The number of nitrogens with one attached hydrogen (secondary N) is 3. The number of pyridine rings is 1. The molecule has 2 aromatic heterocycles. The Hall–Kier alpha value is -3.74. The molecule has 2 saturated carbocycles. The van der Waals surface area contributed by atoms with Gasteiger partial charge in [-0.25, -0.2) is 15.0 Å². The number of nitrogens with zero attached hydrogens (tertiary/aromatic N) is 3. The largest absolute Gasteiger partial charge is 0.351 e. The summed E-state index contributed by atoms with van der Waals surface area (Å²) in [7, 11) is 0. The van der Waals surface area contributed by atoms with Crippen molar-refractivity contribution in [3.63, 3.8) is 0 Å². The molecule has 2 aromatic carbocycles. The van der Waals surface area contributed by atoms with Crippen LogP contribution in [0.3, 0.4) is 0 Å². The van der Waals surface area contributed by atoms with Gasteiger partial charge < -0.3 is 16.0 Å². The second-order valence-corrected chi connectivity index (χ2v) is 8.75. The number of amides is 1. The van der Waals surface area contributed by atoms with E-state index in [4.69, 9.17) is 9.97 Å². The summed E-state index contributed by atoms with van der Waals surface area (Å²) in [6, 6.07) is 14.5. The van der Waals surface area contributed by atoms with E-state index in [-0.39, 0.29) is 5.91 Å². The fourth-order valence-electron chi connectivity index (χ4n) is 3.83. The molecule has 160 valence electrons. The molecule has 0 radical (unpaired) electrons. The van der Waals surface area contributed by atoms with Crippen LogP contribution >= 0.6 is 0 Å². The van der Waals surface area contributed by atoms with Crippen LogP contribution in [0.1, 0.15) is 41.6 Å². The molecular weight excluding hydrogens is 400 g/mol. The minimum atomic E-state index is -0.0510. The Morgan fingerprint density at radius 1 is 0.969 bits per heavy atom. The van der Waals surface area contributed by atoms with Crippen molar-refractivity contribution in [2.45, 2.75) is 44.7 Å². The molecule has 3 N–H and O–H groups in total. The number of aryl methyl sites for hydroxylation is 1. The third kappa shape index (κ3) is 3.70. The molecule has 1 amide bonds. The van der Waals surface area contributed by atoms with Gasteiger partial charge in [0.1, 0.15) is 5.52 Å². The van der Waals surface area contributed by atoms with E-state index in [1.165, 1.54) is 0 Å². The van der Waals surface area contributed by atoms with Crippen LogP contribution in [0.25, 0.3) is 21.8 Å². The van der Waals surface area contributed by atoms with Gasteiger partial charge in [-0.05, 0) is 56.4 Å². The number of carbonyl (C=O) groups is 1. The normalized spacial score (nSPS) is 15.7. The number of aromatic nitrogens is 3. The van der Waals surface area contributed by atoms with E-state index in [1.54, 1.807) is 0 Å². The van der Waals surface area contributed by atoms with Gasteiger partial charge in [-0.15, -0.1) is 0 Å². The van der Waals surface area contributed by atoms with Crippen molar-refractivity contribution in [2.75, 3.05) is 10.6 Å². The first-order valence-corrected chi connectivity index (χ1v) is 11.1. The fourth-order valence-corrected chi connectivity index (χ4v) is 3.83. The average molecular weight is 425 g/mol. The van der Waals surface area contributed by atoms with Gasteiger partial charge in [0.2, 0.25) is 5.95 Å². The number of para-hydroxylation sites is 1. The highest BCUT2D eigenvalue weighted by molar-refractivity contribution is 6.10. The third-order valence-corrected chi connectivity index (χ3v) is 6.02. The highest BCUT2D eigenvalue weighted by Gasteiger charge is 2.25. The van der Waals surface area contributed by atoms with E-state index in [2.05, 4.69) is 33.9 Å². The van der Waals surface area contributed by atoms with Crippen molar-refractivity contribution in [1.82, 2.24) is 20.3 Å². The number of benzene rings is 2. The Labute approximate surface area is 185 Å². The Kier molecular flexibility index (Phi) is 4.41. The van der Waals surface area contributed by atoms with Gasteiger partial charge in [0, 0.05) is 40.3 Å². The first-order chi connectivity index (χ1) is 15.6. The standard InChI is InChI=1S/C25H24N6O/c1-14-4-2-3-5-20(14)29-23-22-19(13-26-25(31-22)28-17-9-10-17)18-11-6-15(12-21(18)30-23)24(32)27-16-7-8-16/h2-6,11-13,16-17H,7-10H2,1H3,(H,27,32)(H,29,30)(H,26,28,31). The van der Waals surface area contributed by atoms with Crippen LogP contribution in [0.15, 0.2) is 48.7 Å². The molecule has 2 aliphatic rings. The number of hydrogen-bond donors (Lipinski definition) is 3. The quantitative estimate of drug-likeness (QED) is 0.389. The Bertz CT molecular complexity index is 1360. The summed E-state index contributed by atoms with van der Waals surface area (Å²) in [5, 5.41) is 11.7. The molecule has 2 fully saturated rings. The molecule has 6 rings (SSSR count). The summed E-state index contributed by atoms with van der Waals surface area (Å²) >= 11 is 0. The van der Waals surface area contributed by atoms with Crippen molar-refractivity contribution < 1.29 is 4.79 Å². The Morgan fingerprint density at radius 3 is 2.56 bits per heavy atom. The molecule has 0 bridgehead atoms. The Balaban J connectivity index is 1.49. The molecule has 2 aliphatic carbocycles. The SMILES string of the molecule is Cc1ccccc1Nc1nc2cc(C(=O)NC3CC3)ccc2c2cnc(NC3CC3)nc12. The molecule has 7 nitrogen and oxygen atoms in total. The van der Waals surface area contributed by atoms with Gasteiger partial charge in [0.25, 0.3) is 5.91 Å². The second-order valence-electron chi connectivity index (χ2n) is 8.75. The van der Waals surface area contributed by atoms with Gasteiger partial charge in [0.15, 0.2) is 5.82 Å². The zero-order chi connectivity index (χ0) is 21.7. The zero-order valence-corrected chi connectivity index (χ0v) is 17.9. The molecular formula is C25H24N6O. The van der Waals surface area contributed by atoms with Gasteiger partial charge >= 0.3 is 0 Å². The lowest BCUT2D eigenvalue weighted by Crippen LogP contribution is -2.25. The van der Waals surface area contributed by atoms with E-state index >= 15 is 0 Å². The second kappa shape index (κ2) is 7.44. The van der Waals surface area contributed by atoms with E-state index in [0.717, 1.165) is 58.7 Å². The van der Waals surface area contributed by atoms with Crippen molar-refractivity contribution in [1.29, 1.82) is 0 Å². The molecule has 0 atom stereocenters. The van der Waals surface area contributed by atoms with Crippen molar-refractivity contribution in [2.24, 2.45) is 0 Å². The molecule has 7 heteroatoms. The average Bonchev–Trinajstić information content (AvgIpc) is 3.72. The summed E-state index contributed by atoms with van der Waals surface area (Å²) in [5.41, 5.74) is 4.20. The molecule has 0 spiro atoms. The summed E-state index contributed by atoms with van der Waals surface area (Å²) in [6.07, 6.45) is 6.27. The lowest BCUT2D eigenvalue weighted by molar-refractivity contribution is 0.0951. The predicted molar refractivity (Wildman–Crippen MR) is 126 cm³/mol.